The van der Waals surface area contributed by atoms with Gasteiger partial charge in [-0.1, -0.05) is 0 Å². The Morgan fingerprint density at radius 3 is 2.41 bits per heavy atom. The van der Waals surface area contributed by atoms with Gasteiger partial charge in [-0.25, -0.2) is 8.42 Å². The van der Waals surface area contributed by atoms with Crippen LogP contribution in [0.1, 0.15) is 29.8 Å². The molecule has 32 heavy (non-hydrogen) atoms. The minimum atomic E-state index is -3.58. The molecule has 2 aromatic carbocycles. The van der Waals surface area contributed by atoms with Gasteiger partial charge in [0.25, 0.3) is 5.91 Å². The summed E-state index contributed by atoms with van der Waals surface area (Å²) in [6, 6.07) is 10.2. The highest BCUT2D eigenvalue weighted by Gasteiger charge is 2.31. The highest BCUT2D eigenvalue weighted by Crippen LogP contribution is 2.34. The SMILES string of the molecule is CCOc1ccc(C(=O)N2CCc3cc(S(=O)(=O)N4CCOCC4)ccc32)cc1OCC. The summed E-state index contributed by atoms with van der Waals surface area (Å²) >= 11 is 0. The van der Waals surface area contributed by atoms with Gasteiger partial charge in [-0.15, -0.1) is 0 Å². The molecule has 0 aliphatic carbocycles. The number of fused-ring (bicyclic) bond motifs is 1. The van der Waals surface area contributed by atoms with Crippen molar-refractivity contribution in [3.8, 4) is 11.5 Å². The molecule has 0 unspecified atom stereocenters. The molecule has 0 saturated carbocycles. The van der Waals surface area contributed by atoms with Crippen LogP contribution in [0, 0.1) is 0 Å². The molecular weight excluding hydrogens is 432 g/mol. The summed E-state index contributed by atoms with van der Waals surface area (Å²) < 4.78 is 43.9. The molecule has 0 spiro atoms. The van der Waals surface area contributed by atoms with E-state index in [9.17, 15) is 13.2 Å². The number of rotatable bonds is 7. The third kappa shape index (κ3) is 4.32. The first kappa shape index (κ1) is 22.6. The third-order valence-electron chi connectivity index (χ3n) is 5.59. The van der Waals surface area contributed by atoms with Crippen molar-refractivity contribution in [1.82, 2.24) is 4.31 Å². The van der Waals surface area contributed by atoms with Crippen LogP contribution >= 0.6 is 0 Å². The fourth-order valence-corrected chi connectivity index (χ4v) is 5.48. The lowest BCUT2D eigenvalue weighted by Crippen LogP contribution is -2.40. The molecule has 172 valence electrons. The van der Waals surface area contributed by atoms with Crippen LogP contribution in [0.3, 0.4) is 0 Å². The number of amides is 1. The molecular formula is C23H28N2O6S. The van der Waals surface area contributed by atoms with Gasteiger partial charge in [0.1, 0.15) is 0 Å². The summed E-state index contributed by atoms with van der Waals surface area (Å²) in [5, 5.41) is 0. The molecule has 2 aliphatic heterocycles. The number of carbonyl (C=O) groups is 1. The zero-order valence-corrected chi connectivity index (χ0v) is 19.2. The fraction of sp³-hybridized carbons (Fsp3) is 0.435. The van der Waals surface area contributed by atoms with Crippen molar-refractivity contribution < 1.29 is 27.4 Å². The van der Waals surface area contributed by atoms with Crippen molar-refractivity contribution >= 4 is 21.6 Å². The molecule has 1 fully saturated rings. The van der Waals surface area contributed by atoms with Crippen LogP contribution in [0.25, 0.3) is 0 Å². The number of sulfonamides is 1. The maximum absolute atomic E-state index is 13.3. The molecule has 2 aromatic rings. The van der Waals surface area contributed by atoms with Gasteiger partial charge in [0.2, 0.25) is 10.0 Å². The Labute approximate surface area is 188 Å². The normalized spacial score (nSPS) is 16.6. The number of ether oxygens (including phenoxy) is 3. The average Bonchev–Trinajstić information content (AvgIpc) is 3.24. The van der Waals surface area contributed by atoms with E-state index in [1.807, 2.05) is 13.8 Å². The van der Waals surface area contributed by atoms with Gasteiger partial charge in [0, 0.05) is 30.9 Å². The minimum absolute atomic E-state index is 0.156. The number of nitrogens with zero attached hydrogens (tertiary/aromatic N) is 2. The number of hydrogen-bond donors (Lipinski definition) is 0. The fourth-order valence-electron chi connectivity index (χ4n) is 4.03. The molecule has 0 atom stereocenters. The van der Waals surface area contributed by atoms with E-state index < -0.39 is 10.0 Å². The number of anilines is 1. The molecule has 2 heterocycles. The van der Waals surface area contributed by atoms with Crippen LogP contribution in [0.2, 0.25) is 0 Å². The first-order chi connectivity index (χ1) is 15.5. The van der Waals surface area contributed by atoms with Gasteiger partial charge in [-0.3, -0.25) is 4.79 Å². The van der Waals surface area contributed by atoms with Crippen molar-refractivity contribution in [2.24, 2.45) is 0 Å². The lowest BCUT2D eigenvalue weighted by Gasteiger charge is -2.26. The third-order valence-corrected chi connectivity index (χ3v) is 7.48. The Kier molecular flexibility index (Phi) is 6.68. The van der Waals surface area contributed by atoms with Crippen molar-refractivity contribution in [2.45, 2.75) is 25.2 Å². The van der Waals surface area contributed by atoms with E-state index in [0.717, 1.165) is 11.3 Å². The summed E-state index contributed by atoms with van der Waals surface area (Å²) in [4.78, 5) is 15.2. The van der Waals surface area contributed by atoms with Crippen LogP contribution in [-0.4, -0.2) is 64.7 Å². The largest absolute Gasteiger partial charge is 0.490 e. The Balaban J connectivity index is 1.58. The van der Waals surface area contributed by atoms with Crippen molar-refractivity contribution in [2.75, 3.05) is 51.0 Å². The predicted octanol–water partition coefficient (Wildman–Crippen LogP) is 2.71. The van der Waals surface area contributed by atoms with Crippen LogP contribution in [0.15, 0.2) is 41.3 Å². The van der Waals surface area contributed by atoms with Crippen molar-refractivity contribution in [3.05, 3.63) is 47.5 Å². The Morgan fingerprint density at radius 2 is 1.69 bits per heavy atom. The van der Waals surface area contributed by atoms with Crippen molar-refractivity contribution in [3.63, 3.8) is 0 Å². The van der Waals surface area contributed by atoms with Crippen LogP contribution < -0.4 is 14.4 Å². The summed E-state index contributed by atoms with van der Waals surface area (Å²) in [6.07, 6.45) is 0.600. The van der Waals surface area contributed by atoms with Crippen LogP contribution in [0.4, 0.5) is 5.69 Å². The molecule has 4 rings (SSSR count). The highest BCUT2D eigenvalue weighted by atomic mass is 32.2. The monoisotopic (exact) mass is 460 g/mol. The molecule has 0 aromatic heterocycles. The molecule has 8 nitrogen and oxygen atoms in total. The Hall–Kier alpha value is -2.62. The smallest absolute Gasteiger partial charge is 0.258 e. The topological polar surface area (TPSA) is 85.4 Å². The first-order valence-electron chi connectivity index (χ1n) is 10.9. The molecule has 1 saturated heterocycles. The average molecular weight is 461 g/mol. The van der Waals surface area contributed by atoms with Crippen LogP contribution in [-0.2, 0) is 21.2 Å². The second-order valence-corrected chi connectivity index (χ2v) is 9.48. The molecule has 0 radical (unpaired) electrons. The van der Waals surface area contributed by atoms with Gasteiger partial charge in [0.15, 0.2) is 11.5 Å². The molecule has 9 heteroatoms. The van der Waals surface area contributed by atoms with E-state index in [1.165, 1.54) is 4.31 Å². The quantitative estimate of drug-likeness (QED) is 0.632. The summed E-state index contributed by atoms with van der Waals surface area (Å²) in [6.45, 7) is 6.73. The Bertz CT molecular complexity index is 1100. The number of hydrogen-bond acceptors (Lipinski definition) is 6. The maximum atomic E-state index is 13.3. The Morgan fingerprint density at radius 1 is 0.969 bits per heavy atom. The highest BCUT2D eigenvalue weighted by molar-refractivity contribution is 7.89. The van der Waals surface area contributed by atoms with Gasteiger partial charge in [-0.2, -0.15) is 4.31 Å². The molecule has 2 aliphatic rings. The molecule has 0 N–H and O–H groups in total. The van der Waals surface area contributed by atoms with Gasteiger partial charge < -0.3 is 19.1 Å². The van der Waals surface area contributed by atoms with E-state index in [1.54, 1.807) is 41.3 Å². The second kappa shape index (κ2) is 9.48. The van der Waals surface area contributed by atoms with E-state index in [2.05, 4.69) is 0 Å². The first-order valence-corrected chi connectivity index (χ1v) is 12.3. The predicted molar refractivity (Wildman–Crippen MR) is 120 cm³/mol. The second-order valence-electron chi connectivity index (χ2n) is 7.54. The standard InChI is InChI=1S/C23H28N2O6S/c1-3-30-21-8-5-18(16-22(21)31-4-2)23(26)25-10-9-17-15-19(6-7-20(17)25)32(27,28)24-11-13-29-14-12-24/h5-8,15-16H,3-4,9-14H2,1-2H3. The molecule has 1 amide bonds. The van der Waals surface area contributed by atoms with Crippen LogP contribution in [0.5, 0.6) is 11.5 Å². The lowest BCUT2D eigenvalue weighted by atomic mass is 10.1. The summed E-state index contributed by atoms with van der Waals surface area (Å²) in [7, 11) is -3.58. The van der Waals surface area contributed by atoms with Gasteiger partial charge in [0.05, 0.1) is 31.3 Å². The van der Waals surface area contributed by atoms with E-state index >= 15 is 0 Å². The number of carbonyl (C=O) groups excluding carboxylic acids is 1. The van der Waals surface area contributed by atoms with E-state index in [0.29, 0.717) is 69.5 Å². The lowest BCUT2D eigenvalue weighted by molar-refractivity contribution is 0.0730. The minimum Gasteiger partial charge on any atom is -0.490 e. The van der Waals surface area contributed by atoms with Crippen molar-refractivity contribution in [1.29, 1.82) is 0 Å². The zero-order chi connectivity index (χ0) is 22.7. The van der Waals surface area contributed by atoms with Gasteiger partial charge in [-0.05, 0) is 62.2 Å². The number of benzene rings is 2. The summed E-state index contributed by atoms with van der Waals surface area (Å²) in [5.41, 5.74) is 2.08. The van der Waals surface area contributed by atoms with Gasteiger partial charge >= 0.3 is 0 Å². The molecule has 0 bridgehead atoms. The zero-order valence-electron chi connectivity index (χ0n) is 18.4. The maximum Gasteiger partial charge on any atom is 0.258 e. The van der Waals surface area contributed by atoms with E-state index in [4.69, 9.17) is 14.2 Å². The summed E-state index contributed by atoms with van der Waals surface area (Å²) in [5.74, 6) is 0.980. The number of morpholine rings is 1. The van der Waals surface area contributed by atoms with E-state index in [-0.39, 0.29) is 10.8 Å².